The molecular formula is C15H15BrClN3O. The molecular weight excluding hydrogens is 354 g/mol. The maximum absolute atomic E-state index is 12.0. The standard InChI is InChI=1S/C15H15BrClN3O/c1-20(2)15(21)9-3-5-12(18)14(7-9)19-13-6-4-10(16)8-11(13)17/h3-8,19H,18H2,1-2H3. The number of nitrogen functional groups attached to an aromatic ring is 1. The molecule has 0 aliphatic carbocycles. The Morgan fingerprint density at radius 2 is 1.90 bits per heavy atom. The van der Waals surface area contributed by atoms with Crippen molar-refractivity contribution in [1.82, 2.24) is 4.90 Å². The molecule has 2 aromatic rings. The highest BCUT2D eigenvalue weighted by Gasteiger charge is 2.11. The van der Waals surface area contributed by atoms with Gasteiger partial charge in [-0.25, -0.2) is 0 Å². The van der Waals surface area contributed by atoms with Gasteiger partial charge in [0.1, 0.15) is 0 Å². The Labute approximate surface area is 137 Å². The first kappa shape index (κ1) is 15.7. The summed E-state index contributed by atoms with van der Waals surface area (Å²) < 4.78 is 0.891. The number of carbonyl (C=O) groups excluding carboxylic acids is 1. The van der Waals surface area contributed by atoms with Crippen LogP contribution in [0.5, 0.6) is 0 Å². The van der Waals surface area contributed by atoms with Crippen molar-refractivity contribution >= 4 is 50.5 Å². The van der Waals surface area contributed by atoms with E-state index in [1.807, 2.05) is 12.1 Å². The Morgan fingerprint density at radius 3 is 2.52 bits per heavy atom. The van der Waals surface area contributed by atoms with Crippen LogP contribution in [0.3, 0.4) is 0 Å². The van der Waals surface area contributed by atoms with Gasteiger partial charge in [0.25, 0.3) is 5.91 Å². The third-order valence-electron chi connectivity index (χ3n) is 2.91. The van der Waals surface area contributed by atoms with Crippen molar-refractivity contribution < 1.29 is 4.79 Å². The zero-order chi connectivity index (χ0) is 15.6. The van der Waals surface area contributed by atoms with Crippen LogP contribution in [0.2, 0.25) is 5.02 Å². The van der Waals surface area contributed by atoms with Crippen LogP contribution in [0, 0.1) is 0 Å². The van der Waals surface area contributed by atoms with E-state index in [4.69, 9.17) is 17.3 Å². The van der Waals surface area contributed by atoms with E-state index < -0.39 is 0 Å². The number of anilines is 3. The first-order chi connectivity index (χ1) is 9.88. The number of benzene rings is 2. The van der Waals surface area contributed by atoms with Crippen molar-refractivity contribution in [1.29, 1.82) is 0 Å². The van der Waals surface area contributed by atoms with Gasteiger partial charge in [0.15, 0.2) is 0 Å². The summed E-state index contributed by atoms with van der Waals surface area (Å²) in [6.07, 6.45) is 0. The maximum Gasteiger partial charge on any atom is 0.253 e. The van der Waals surface area contributed by atoms with Gasteiger partial charge in [-0.3, -0.25) is 4.79 Å². The monoisotopic (exact) mass is 367 g/mol. The van der Waals surface area contributed by atoms with Crippen LogP contribution in [0.4, 0.5) is 17.1 Å². The summed E-state index contributed by atoms with van der Waals surface area (Å²) in [5.74, 6) is -0.0834. The van der Waals surface area contributed by atoms with E-state index in [1.165, 1.54) is 4.90 Å². The topological polar surface area (TPSA) is 58.4 Å². The highest BCUT2D eigenvalue weighted by Crippen LogP contribution is 2.31. The van der Waals surface area contributed by atoms with Crippen LogP contribution in [-0.2, 0) is 0 Å². The number of hydrogen-bond donors (Lipinski definition) is 2. The molecule has 4 nitrogen and oxygen atoms in total. The van der Waals surface area contributed by atoms with E-state index in [0.29, 0.717) is 22.0 Å². The smallest absolute Gasteiger partial charge is 0.253 e. The molecule has 2 rings (SSSR count). The summed E-state index contributed by atoms with van der Waals surface area (Å²) in [6, 6.07) is 10.6. The van der Waals surface area contributed by atoms with Gasteiger partial charge in [-0.15, -0.1) is 0 Å². The fourth-order valence-electron chi connectivity index (χ4n) is 1.79. The second-order valence-corrected chi connectivity index (χ2v) is 6.07. The van der Waals surface area contributed by atoms with Crippen LogP contribution in [-0.4, -0.2) is 24.9 Å². The first-order valence-electron chi connectivity index (χ1n) is 6.21. The van der Waals surface area contributed by atoms with Gasteiger partial charge in [-0.05, 0) is 36.4 Å². The molecule has 0 aliphatic rings. The highest BCUT2D eigenvalue weighted by atomic mass is 79.9. The number of nitrogens with two attached hydrogens (primary N) is 1. The minimum atomic E-state index is -0.0834. The molecule has 0 aromatic heterocycles. The lowest BCUT2D eigenvalue weighted by Crippen LogP contribution is -2.21. The molecule has 0 unspecified atom stereocenters. The molecule has 110 valence electrons. The number of rotatable bonds is 3. The largest absolute Gasteiger partial charge is 0.397 e. The van der Waals surface area contributed by atoms with Crippen LogP contribution in [0.25, 0.3) is 0 Å². The predicted octanol–water partition coefficient (Wildman–Crippen LogP) is 4.13. The summed E-state index contributed by atoms with van der Waals surface area (Å²) in [5, 5.41) is 3.72. The molecule has 21 heavy (non-hydrogen) atoms. The summed E-state index contributed by atoms with van der Waals surface area (Å²) in [7, 11) is 3.41. The van der Waals surface area contributed by atoms with E-state index in [2.05, 4.69) is 21.2 Å². The lowest BCUT2D eigenvalue weighted by Gasteiger charge is -2.14. The molecule has 0 bridgehead atoms. The third-order valence-corrected chi connectivity index (χ3v) is 3.71. The Kier molecular flexibility index (Phi) is 4.75. The van der Waals surface area contributed by atoms with Crippen LogP contribution in [0.1, 0.15) is 10.4 Å². The van der Waals surface area contributed by atoms with Gasteiger partial charge in [0.05, 0.1) is 22.1 Å². The summed E-state index contributed by atoms with van der Waals surface area (Å²) in [6.45, 7) is 0. The van der Waals surface area contributed by atoms with E-state index in [1.54, 1.807) is 38.4 Å². The van der Waals surface area contributed by atoms with Crippen molar-refractivity contribution in [3.05, 3.63) is 51.5 Å². The van der Waals surface area contributed by atoms with E-state index in [0.717, 1.165) is 10.2 Å². The summed E-state index contributed by atoms with van der Waals surface area (Å²) in [5.41, 5.74) is 8.43. The lowest BCUT2D eigenvalue weighted by molar-refractivity contribution is 0.0827. The van der Waals surface area contributed by atoms with E-state index in [9.17, 15) is 4.79 Å². The van der Waals surface area contributed by atoms with Gasteiger partial charge in [0.2, 0.25) is 0 Å². The zero-order valence-corrected chi connectivity index (χ0v) is 14.0. The van der Waals surface area contributed by atoms with Gasteiger partial charge in [-0.2, -0.15) is 0 Å². The van der Waals surface area contributed by atoms with Gasteiger partial charge in [-0.1, -0.05) is 27.5 Å². The van der Waals surface area contributed by atoms with Crippen LogP contribution in [0.15, 0.2) is 40.9 Å². The Balaban J connectivity index is 2.35. The molecule has 0 spiro atoms. The third kappa shape index (κ3) is 3.68. The number of nitrogens with one attached hydrogen (secondary N) is 1. The highest BCUT2D eigenvalue weighted by molar-refractivity contribution is 9.10. The number of halogens is 2. The SMILES string of the molecule is CN(C)C(=O)c1ccc(N)c(Nc2ccc(Br)cc2Cl)c1. The van der Waals surface area contributed by atoms with Crippen molar-refractivity contribution in [2.45, 2.75) is 0 Å². The molecule has 0 saturated carbocycles. The second kappa shape index (κ2) is 6.37. The second-order valence-electron chi connectivity index (χ2n) is 4.75. The molecule has 0 radical (unpaired) electrons. The fraction of sp³-hybridized carbons (Fsp3) is 0.133. The maximum atomic E-state index is 12.0. The molecule has 2 aromatic carbocycles. The van der Waals surface area contributed by atoms with Crippen molar-refractivity contribution in [3.8, 4) is 0 Å². The Hall–Kier alpha value is -1.72. The molecule has 0 fully saturated rings. The zero-order valence-electron chi connectivity index (χ0n) is 11.7. The average molecular weight is 369 g/mol. The minimum absolute atomic E-state index is 0.0834. The number of carbonyl (C=O) groups is 1. The van der Waals surface area contributed by atoms with Crippen molar-refractivity contribution in [2.75, 3.05) is 25.1 Å². The summed E-state index contributed by atoms with van der Waals surface area (Å²) in [4.78, 5) is 13.5. The van der Waals surface area contributed by atoms with Gasteiger partial charge < -0.3 is 16.0 Å². The predicted molar refractivity (Wildman–Crippen MR) is 91.3 cm³/mol. The van der Waals surface area contributed by atoms with Crippen LogP contribution < -0.4 is 11.1 Å². The van der Waals surface area contributed by atoms with Gasteiger partial charge in [0, 0.05) is 24.1 Å². The fourth-order valence-corrected chi connectivity index (χ4v) is 2.51. The first-order valence-corrected chi connectivity index (χ1v) is 7.39. The number of amides is 1. The van der Waals surface area contributed by atoms with E-state index >= 15 is 0 Å². The van der Waals surface area contributed by atoms with Crippen molar-refractivity contribution in [3.63, 3.8) is 0 Å². The number of nitrogens with zero attached hydrogens (tertiary/aromatic N) is 1. The summed E-state index contributed by atoms with van der Waals surface area (Å²) >= 11 is 9.53. The lowest BCUT2D eigenvalue weighted by atomic mass is 10.1. The molecule has 0 atom stereocenters. The van der Waals surface area contributed by atoms with Crippen LogP contribution >= 0.6 is 27.5 Å². The molecule has 0 saturated heterocycles. The average Bonchev–Trinajstić information content (AvgIpc) is 2.43. The normalized spacial score (nSPS) is 10.3. The molecule has 1 amide bonds. The molecule has 6 heteroatoms. The van der Waals surface area contributed by atoms with Gasteiger partial charge >= 0.3 is 0 Å². The minimum Gasteiger partial charge on any atom is -0.397 e. The van der Waals surface area contributed by atoms with Crippen molar-refractivity contribution in [2.24, 2.45) is 0 Å². The molecule has 0 heterocycles. The molecule has 0 aliphatic heterocycles. The quantitative estimate of drug-likeness (QED) is 0.801. The molecule has 3 N–H and O–H groups in total. The van der Waals surface area contributed by atoms with E-state index in [-0.39, 0.29) is 5.91 Å². The number of hydrogen-bond acceptors (Lipinski definition) is 3. The Bertz CT molecular complexity index is 689. The Morgan fingerprint density at radius 1 is 1.19 bits per heavy atom.